The third-order valence-electron chi connectivity index (χ3n) is 4.03. The molecule has 8 heteroatoms. The zero-order valence-corrected chi connectivity index (χ0v) is 16.2. The molecule has 1 aromatic carbocycles. The fraction of sp³-hybridized carbons (Fsp3) is 0.500. The molecule has 0 saturated heterocycles. The minimum Gasteiger partial charge on any atom is -0.337 e. The van der Waals surface area contributed by atoms with E-state index in [2.05, 4.69) is 0 Å². The number of amides is 1. The molecule has 0 radical (unpaired) electrons. The van der Waals surface area contributed by atoms with Gasteiger partial charge in [0.1, 0.15) is 0 Å². The monoisotopic (exact) mass is 376 g/mol. The van der Waals surface area contributed by atoms with E-state index in [-0.39, 0.29) is 42.3 Å². The van der Waals surface area contributed by atoms with Gasteiger partial charge in [-0.2, -0.15) is 14.8 Å². The van der Waals surface area contributed by atoms with Gasteiger partial charge < -0.3 is 4.90 Å². The molecule has 0 N–H and O–H groups in total. The van der Waals surface area contributed by atoms with E-state index in [4.69, 9.17) is 10.5 Å². The first-order chi connectivity index (χ1) is 12.3. The lowest BCUT2D eigenvalue weighted by Crippen LogP contribution is -2.34. The van der Waals surface area contributed by atoms with Crippen molar-refractivity contribution >= 4 is 15.9 Å². The van der Waals surface area contributed by atoms with Gasteiger partial charge in [-0.3, -0.25) is 4.79 Å². The van der Waals surface area contributed by atoms with E-state index in [1.807, 2.05) is 12.1 Å². The van der Waals surface area contributed by atoms with Gasteiger partial charge in [0.2, 0.25) is 10.0 Å². The molecule has 0 spiro atoms. The van der Waals surface area contributed by atoms with Gasteiger partial charge in [0.15, 0.2) is 0 Å². The molecule has 0 aliphatic rings. The Morgan fingerprint density at radius 1 is 1.08 bits per heavy atom. The van der Waals surface area contributed by atoms with Gasteiger partial charge >= 0.3 is 0 Å². The van der Waals surface area contributed by atoms with Gasteiger partial charge in [0, 0.05) is 31.7 Å². The molecule has 0 heterocycles. The highest BCUT2D eigenvalue weighted by molar-refractivity contribution is 7.89. The lowest BCUT2D eigenvalue weighted by Gasteiger charge is -2.23. The Morgan fingerprint density at radius 3 is 2.08 bits per heavy atom. The van der Waals surface area contributed by atoms with Gasteiger partial charge in [-0.15, -0.1) is 0 Å². The van der Waals surface area contributed by atoms with Crippen LogP contribution in [0.2, 0.25) is 0 Å². The summed E-state index contributed by atoms with van der Waals surface area (Å²) in [4.78, 5) is 14.3. The van der Waals surface area contributed by atoms with Crippen LogP contribution in [0.5, 0.6) is 0 Å². The Morgan fingerprint density at radius 2 is 1.62 bits per heavy atom. The molecular formula is C18H24N4O3S. The van der Waals surface area contributed by atoms with Crippen LogP contribution in [0.15, 0.2) is 23.1 Å². The van der Waals surface area contributed by atoms with Crippen LogP contribution in [0.4, 0.5) is 0 Å². The van der Waals surface area contributed by atoms with Crippen LogP contribution in [0.3, 0.4) is 0 Å². The maximum absolute atomic E-state index is 12.8. The highest BCUT2D eigenvalue weighted by Gasteiger charge is 2.25. The third-order valence-corrected chi connectivity index (χ3v) is 6.22. The average molecular weight is 376 g/mol. The van der Waals surface area contributed by atoms with Crippen LogP contribution < -0.4 is 0 Å². The second-order valence-electron chi connectivity index (χ2n) is 5.68. The summed E-state index contributed by atoms with van der Waals surface area (Å²) in [5, 5.41) is 17.5. The lowest BCUT2D eigenvalue weighted by molar-refractivity contribution is 0.0762. The van der Waals surface area contributed by atoms with E-state index in [9.17, 15) is 13.2 Å². The molecule has 1 rings (SSSR count). The fourth-order valence-electron chi connectivity index (χ4n) is 2.58. The molecule has 0 bridgehead atoms. The number of carbonyl (C=O) groups excluding carboxylic acids is 1. The fourth-order valence-corrected chi connectivity index (χ4v) is 4.29. The highest BCUT2D eigenvalue weighted by atomic mass is 32.2. The summed E-state index contributed by atoms with van der Waals surface area (Å²) in [7, 11) is -3.69. The van der Waals surface area contributed by atoms with E-state index < -0.39 is 10.0 Å². The van der Waals surface area contributed by atoms with Crippen molar-refractivity contribution in [3.05, 3.63) is 29.3 Å². The van der Waals surface area contributed by atoms with Gasteiger partial charge in [-0.1, -0.05) is 19.9 Å². The molecule has 1 amide bonds. The second kappa shape index (κ2) is 9.91. The van der Waals surface area contributed by atoms with Crippen molar-refractivity contribution in [3.63, 3.8) is 0 Å². The first-order valence-electron chi connectivity index (χ1n) is 8.47. The molecule has 0 saturated carbocycles. The summed E-state index contributed by atoms with van der Waals surface area (Å²) in [5.74, 6) is -0.383. The molecule has 1 aromatic rings. The summed E-state index contributed by atoms with van der Waals surface area (Å²) in [6.07, 6.45) is 0.293. The summed E-state index contributed by atoms with van der Waals surface area (Å²) in [5.41, 5.74) is 0.797. The molecule has 0 aliphatic heterocycles. The molecule has 0 unspecified atom stereocenters. The third kappa shape index (κ3) is 5.04. The van der Waals surface area contributed by atoms with Gasteiger partial charge in [0.25, 0.3) is 5.91 Å². The molecule has 0 aromatic heterocycles. The Labute approximate surface area is 155 Å². The normalized spacial score (nSPS) is 11.0. The number of benzene rings is 1. The van der Waals surface area contributed by atoms with Crippen LogP contribution in [-0.2, 0) is 10.0 Å². The number of nitriles is 2. The van der Waals surface area contributed by atoms with Crippen molar-refractivity contribution in [2.24, 2.45) is 0 Å². The van der Waals surface area contributed by atoms with Crippen molar-refractivity contribution < 1.29 is 13.2 Å². The Balaban J connectivity index is 3.28. The zero-order valence-electron chi connectivity index (χ0n) is 15.4. The van der Waals surface area contributed by atoms with Gasteiger partial charge in [-0.05, 0) is 24.6 Å². The number of hydrogen-bond acceptors (Lipinski definition) is 5. The summed E-state index contributed by atoms with van der Waals surface area (Å²) < 4.78 is 27.0. The summed E-state index contributed by atoms with van der Waals surface area (Å²) in [6, 6.07) is 8.52. The van der Waals surface area contributed by atoms with Crippen molar-refractivity contribution in [2.75, 3.05) is 26.2 Å². The van der Waals surface area contributed by atoms with E-state index in [0.29, 0.717) is 18.7 Å². The Kier molecular flexibility index (Phi) is 8.24. The number of rotatable bonds is 9. The molecule has 7 nitrogen and oxygen atoms in total. The molecule has 0 aliphatic carbocycles. The van der Waals surface area contributed by atoms with E-state index in [1.54, 1.807) is 32.9 Å². The highest BCUT2D eigenvalue weighted by Crippen LogP contribution is 2.22. The van der Waals surface area contributed by atoms with E-state index in [1.165, 1.54) is 15.3 Å². The number of carbonyl (C=O) groups is 1. The second-order valence-corrected chi connectivity index (χ2v) is 7.58. The van der Waals surface area contributed by atoms with Gasteiger partial charge in [0.05, 0.1) is 29.9 Å². The predicted octanol–water partition coefficient (Wildman–Crippen LogP) is 2.30. The number of sulfonamides is 1. The number of nitrogens with zero attached hydrogens (tertiary/aromatic N) is 4. The number of hydrogen-bond donors (Lipinski definition) is 0. The summed E-state index contributed by atoms with van der Waals surface area (Å²) >= 11 is 0. The van der Waals surface area contributed by atoms with Crippen molar-refractivity contribution in [1.82, 2.24) is 9.21 Å². The number of aryl methyl sites for hydroxylation is 1. The lowest BCUT2D eigenvalue weighted by atomic mass is 10.1. The van der Waals surface area contributed by atoms with Crippen LogP contribution in [0.25, 0.3) is 0 Å². The van der Waals surface area contributed by atoms with Crippen molar-refractivity contribution in [3.8, 4) is 12.1 Å². The average Bonchev–Trinajstić information content (AvgIpc) is 2.62. The van der Waals surface area contributed by atoms with E-state index >= 15 is 0 Å². The maximum atomic E-state index is 12.8. The molecule has 26 heavy (non-hydrogen) atoms. The summed E-state index contributed by atoms with van der Waals surface area (Å²) in [6.45, 7) is 6.29. The standard InChI is InChI=1S/C18H24N4O3S/c1-4-22(5-2)26(24,25)17-14-16(9-8-15(17)3)18(23)21(12-6-10-19)13-7-11-20/h8-9,14H,4-7,12-13H2,1-3H3. The zero-order chi connectivity index (χ0) is 19.7. The van der Waals surface area contributed by atoms with Crippen LogP contribution in [-0.4, -0.2) is 49.7 Å². The maximum Gasteiger partial charge on any atom is 0.253 e. The predicted molar refractivity (Wildman–Crippen MR) is 97.6 cm³/mol. The largest absolute Gasteiger partial charge is 0.337 e. The van der Waals surface area contributed by atoms with E-state index in [0.717, 1.165) is 0 Å². The molecule has 0 fully saturated rings. The molecule has 0 atom stereocenters. The molecular weight excluding hydrogens is 352 g/mol. The Hall–Kier alpha value is -2.42. The Bertz CT molecular complexity index is 800. The van der Waals surface area contributed by atoms with Crippen LogP contribution in [0.1, 0.15) is 42.6 Å². The van der Waals surface area contributed by atoms with Gasteiger partial charge in [-0.25, -0.2) is 8.42 Å². The smallest absolute Gasteiger partial charge is 0.253 e. The van der Waals surface area contributed by atoms with Crippen molar-refractivity contribution in [1.29, 1.82) is 10.5 Å². The quantitative estimate of drug-likeness (QED) is 0.657. The van der Waals surface area contributed by atoms with Crippen LogP contribution in [0, 0.1) is 29.6 Å². The SMILES string of the molecule is CCN(CC)S(=O)(=O)c1cc(C(=O)N(CCC#N)CCC#N)ccc1C. The van der Waals surface area contributed by atoms with Crippen molar-refractivity contribution in [2.45, 2.75) is 38.5 Å². The molecule has 140 valence electrons. The first kappa shape index (κ1) is 21.6. The first-order valence-corrected chi connectivity index (χ1v) is 9.91. The minimum absolute atomic E-state index is 0.104. The van der Waals surface area contributed by atoms with Crippen LogP contribution >= 0.6 is 0 Å². The minimum atomic E-state index is -3.69. The topological polar surface area (TPSA) is 105 Å².